The number of aryl methyl sites for hydroxylation is 1. The van der Waals surface area contributed by atoms with Crippen LogP contribution in [0.3, 0.4) is 0 Å². The molecule has 0 unspecified atom stereocenters. The minimum absolute atomic E-state index is 0.287. The number of nitrogens with one attached hydrogen (secondary N) is 3. The number of hydrogen-bond donors (Lipinski definition) is 4. The van der Waals surface area contributed by atoms with Crippen molar-refractivity contribution in [3.8, 4) is 11.3 Å². The number of anilines is 3. The lowest BCUT2D eigenvalue weighted by Gasteiger charge is -2.11. The Hall–Kier alpha value is -5.05. The molecule has 4 N–H and O–H groups in total. The van der Waals surface area contributed by atoms with E-state index >= 15 is 0 Å². The van der Waals surface area contributed by atoms with Crippen LogP contribution in [0.1, 0.15) is 26.5 Å². The first kappa shape index (κ1) is 24.1. The molecule has 1 aromatic heterocycles. The van der Waals surface area contributed by atoms with Crippen LogP contribution in [0, 0.1) is 6.92 Å². The lowest BCUT2D eigenvalue weighted by atomic mass is 10.1. The number of carbonyl (C=O) groups excluding carboxylic acids is 2. The zero-order chi connectivity index (χ0) is 25.5. The highest BCUT2D eigenvalue weighted by molar-refractivity contribution is 6.05. The van der Waals surface area contributed by atoms with E-state index in [2.05, 4.69) is 25.9 Å². The fraction of sp³-hybridized carbons (Fsp3) is 0.0741. The fourth-order valence-corrected chi connectivity index (χ4v) is 3.44. The molecule has 3 aromatic carbocycles. The molecule has 0 bridgehead atoms. The highest BCUT2D eigenvalue weighted by atomic mass is 16.4. The maximum absolute atomic E-state index is 12.8. The van der Waals surface area contributed by atoms with Gasteiger partial charge in [0.15, 0.2) is 0 Å². The van der Waals surface area contributed by atoms with E-state index in [9.17, 15) is 14.4 Å². The Balaban J connectivity index is 1.44. The number of carboxylic acid groups (broad SMARTS) is 1. The number of carboxylic acids is 1. The van der Waals surface area contributed by atoms with E-state index in [4.69, 9.17) is 5.11 Å². The zero-order valence-electron chi connectivity index (χ0n) is 19.4. The van der Waals surface area contributed by atoms with Crippen LogP contribution in [0.4, 0.5) is 17.2 Å². The number of amides is 2. The van der Waals surface area contributed by atoms with Crippen molar-refractivity contribution in [3.05, 3.63) is 102 Å². The Kier molecular flexibility index (Phi) is 7.30. The van der Waals surface area contributed by atoms with Gasteiger partial charge in [-0.05, 0) is 49.4 Å². The molecule has 0 radical (unpaired) electrons. The topological polar surface area (TPSA) is 133 Å². The second kappa shape index (κ2) is 10.9. The molecule has 0 spiro atoms. The predicted octanol–water partition coefficient (Wildman–Crippen LogP) is 4.26. The van der Waals surface area contributed by atoms with E-state index in [1.807, 2.05) is 49.4 Å². The average Bonchev–Trinajstić information content (AvgIpc) is 2.88. The van der Waals surface area contributed by atoms with Crippen molar-refractivity contribution in [3.63, 3.8) is 0 Å². The van der Waals surface area contributed by atoms with Crippen molar-refractivity contribution >= 4 is 35.0 Å². The number of nitrogens with zero attached hydrogens (tertiary/aromatic N) is 2. The minimum Gasteiger partial charge on any atom is -0.480 e. The van der Waals surface area contributed by atoms with Crippen molar-refractivity contribution < 1.29 is 19.5 Å². The lowest BCUT2D eigenvalue weighted by Crippen LogP contribution is -2.29. The van der Waals surface area contributed by atoms with E-state index in [1.165, 1.54) is 12.1 Å². The molecule has 0 fully saturated rings. The molecule has 180 valence electrons. The van der Waals surface area contributed by atoms with E-state index in [-0.39, 0.29) is 11.5 Å². The fourth-order valence-electron chi connectivity index (χ4n) is 3.44. The Morgan fingerprint density at radius 1 is 0.778 bits per heavy atom. The summed E-state index contributed by atoms with van der Waals surface area (Å²) in [6.45, 7) is 1.35. The summed E-state index contributed by atoms with van der Waals surface area (Å²) >= 11 is 0. The molecule has 0 atom stereocenters. The van der Waals surface area contributed by atoms with Crippen LogP contribution in [0.15, 0.2) is 84.9 Å². The van der Waals surface area contributed by atoms with E-state index in [1.54, 1.807) is 30.3 Å². The van der Waals surface area contributed by atoms with Gasteiger partial charge in [-0.2, -0.15) is 0 Å². The van der Waals surface area contributed by atoms with Gasteiger partial charge in [0.05, 0.1) is 5.69 Å². The van der Waals surface area contributed by atoms with Crippen LogP contribution in [0.25, 0.3) is 11.3 Å². The molecule has 0 aliphatic carbocycles. The first-order valence-electron chi connectivity index (χ1n) is 11.1. The third-order valence-corrected chi connectivity index (χ3v) is 5.11. The number of carbonyl (C=O) groups is 3. The largest absolute Gasteiger partial charge is 0.480 e. The zero-order valence-corrected chi connectivity index (χ0v) is 19.4. The highest BCUT2D eigenvalue weighted by Crippen LogP contribution is 2.23. The van der Waals surface area contributed by atoms with Gasteiger partial charge in [0.25, 0.3) is 11.8 Å². The van der Waals surface area contributed by atoms with Gasteiger partial charge in [0, 0.05) is 34.1 Å². The van der Waals surface area contributed by atoms with Crippen LogP contribution in [-0.4, -0.2) is 39.4 Å². The predicted molar refractivity (Wildman–Crippen MR) is 136 cm³/mol. The normalized spacial score (nSPS) is 10.4. The summed E-state index contributed by atoms with van der Waals surface area (Å²) in [6, 6.07) is 24.8. The molecule has 2 amide bonds. The Morgan fingerprint density at radius 3 is 2.25 bits per heavy atom. The second-order valence-electron chi connectivity index (χ2n) is 7.87. The lowest BCUT2D eigenvalue weighted by molar-refractivity contribution is -0.135. The molecule has 0 saturated carbocycles. The number of aliphatic carboxylic acids is 1. The molecular weight excluding hydrogens is 458 g/mol. The van der Waals surface area contributed by atoms with Crippen LogP contribution >= 0.6 is 0 Å². The SMILES string of the molecule is Cc1nc(Nc2cccc(C(=O)Nc3ccc(C(=O)NCC(=O)O)cc3)c2)cc(-c2ccccc2)n1. The number of rotatable bonds is 8. The average molecular weight is 482 g/mol. The molecular formula is C27H23N5O4. The van der Waals surface area contributed by atoms with E-state index in [0.29, 0.717) is 28.6 Å². The maximum Gasteiger partial charge on any atom is 0.322 e. The summed E-state index contributed by atoms with van der Waals surface area (Å²) in [5.41, 5.74) is 3.66. The first-order chi connectivity index (χ1) is 17.4. The van der Waals surface area contributed by atoms with Crippen LogP contribution < -0.4 is 16.0 Å². The van der Waals surface area contributed by atoms with Gasteiger partial charge in [-0.25, -0.2) is 9.97 Å². The Labute approximate surface area is 207 Å². The van der Waals surface area contributed by atoms with Crippen molar-refractivity contribution in [1.29, 1.82) is 0 Å². The van der Waals surface area contributed by atoms with Crippen LogP contribution in [0.5, 0.6) is 0 Å². The summed E-state index contributed by atoms with van der Waals surface area (Å²) in [6.07, 6.45) is 0. The summed E-state index contributed by atoms with van der Waals surface area (Å²) < 4.78 is 0. The number of hydrogen-bond acceptors (Lipinski definition) is 6. The van der Waals surface area contributed by atoms with E-state index in [0.717, 1.165) is 11.3 Å². The van der Waals surface area contributed by atoms with Gasteiger partial charge >= 0.3 is 5.97 Å². The van der Waals surface area contributed by atoms with Crippen molar-refractivity contribution in [2.45, 2.75) is 6.92 Å². The molecule has 4 aromatic rings. The standard InChI is InChI=1S/C27H23N5O4/c1-17-29-23(18-6-3-2-4-7-18)15-24(30-17)31-22-9-5-8-20(14-22)27(36)32-21-12-10-19(11-13-21)26(35)28-16-25(33)34/h2-15H,16H2,1H3,(H,28,35)(H,32,36)(H,33,34)(H,29,30,31). The maximum atomic E-state index is 12.8. The van der Waals surface area contributed by atoms with Crippen molar-refractivity contribution in [1.82, 2.24) is 15.3 Å². The third-order valence-electron chi connectivity index (χ3n) is 5.11. The van der Waals surface area contributed by atoms with Gasteiger partial charge in [0.1, 0.15) is 18.2 Å². The van der Waals surface area contributed by atoms with Crippen molar-refractivity contribution in [2.24, 2.45) is 0 Å². The van der Waals surface area contributed by atoms with Gasteiger partial charge in [-0.15, -0.1) is 0 Å². The number of aromatic nitrogens is 2. The highest BCUT2D eigenvalue weighted by Gasteiger charge is 2.11. The summed E-state index contributed by atoms with van der Waals surface area (Å²) in [7, 11) is 0. The minimum atomic E-state index is -1.13. The molecule has 4 rings (SSSR count). The summed E-state index contributed by atoms with van der Waals surface area (Å²) in [4.78, 5) is 44.3. The smallest absolute Gasteiger partial charge is 0.322 e. The van der Waals surface area contributed by atoms with Crippen LogP contribution in [0.2, 0.25) is 0 Å². The first-order valence-corrected chi connectivity index (χ1v) is 11.1. The monoisotopic (exact) mass is 481 g/mol. The van der Waals surface area contributed by atoms with Crippen molar-refractivity contribution in [2.75, 3.05) is 17.2 Å². The third kappa shape index (κ3) is 6.29. The second-order valence-corrected chi connectivity index (χ2v) is 7.87. The van der Waals surface area contributed by atoms with E-state index < -0.39 is 18.4 Å². The van der Waals surface area contributed by atoms with Gasteiger partial charge < -0.3 is 21.1 Å². The van der Waals surface area contributed by atoms with Crippen LogP contribution in [-0.2, 0) is 4.79 Å². The summed E-state index contributed by atoms with van der Waals surface area (Å²) in [5, 5.41) is 17.0. The molecule has 9 heteroatoms. The Bertz CT molecular complexity index is 1410. The molecule has 1 heterocycles. The molecule has 0 saturated heterocycles. The van der Waals surface area contributed by atoms with Gasteiger partial charge in [-0.3, -0.25) is 14.4 Å². The summed E-state index contributed by atoms with van der Waals surface area (Å²) in [5.74, 6) is -0.742. The van der Waals surface area contributed by atoms with Gasteiger partial charge in [-0.1, -0.05) is 36.4 Å². The Morgan fingerprint density at radius 2 is 1.53 bits per heavy atom. The quantitative estimate of drug-likeness (QED) is 0.295. The molecule has 0 aliphatic rings. The van der Waals surface area contributed by atoms with Gasteiger partial charge in [0.2, 0.25) is 0 Å². The molecule has 0 aliphatic heterocycles. The molecule has 9 nitrogen and oxygen atoms in total. The molecule has 36 heavy (non-hydrogen) atoms. The number of benzene rings is 3.